The molecule has 3 aromatic rings. The van der Waals surface area contributed by atoms with Crippen LogP contribution in [-0.2, 0) is 17.8 Å². The van der Waals surface area contributed by atoms with Gasteiger partial charge in [-0.3, -0.25) is 4.79 Å². The summed E-state index contributed by atoms with van der Waals surface area (Å²) in [7, 11) is 4.13. The van der Waals surface area contributed by atoms with Gasteiger partial charge in [-0.25, -0.2) is 9.48 Å². The molecule has 2 heterocycles. The quantitative estimate of drug-likeness (QED) is 0.662. The molecule has 0 aliphatic carbocycles. The summed E-state index contributed by atoms with van der Waals surface area (Å²) in [6.45, 7) is 1.55. The van der Waals surface area contributed by atoms with E-state index in [4.69, 9.17) is 15.0 Å². The fourth-order valence-electron chi connectivity index (χ4n) is 3.33. The largest absolute Gasteiger partial charge is 0.490 e. The number of carboxylic acids is 1. The summed E-state index contributed by atoms with van der Waals surface area (Å²) in [5.74, 6) is -2.77. The van der Waals surface area contributed by atoms with Gasteiger partial charge in [-0.15, -0.1) is 0 Å². The normalized spacial score (nSPS) is 13.4. The van der Waals surface area contributed by atoms with Crippen molar-refractivity contribution in [2.45, 2.75) is 19.1 Å². The average Bonchev–Trinajstić information content (AvgIpc) is 2.97. The Kier molecular flexibility index (Phi) is 6.30. The van der Waals surface area contributed by atoms with Gasteiger partial charge in [0.25, 0.3) is 5.91 Å². The van der Waals surface area contributed by atoms with Crippen molar-refractivity contribution < 1.29 is 27.9 Å². The molecule has 1 aliphatic heterocycles. The van der Waals surface area contributed by atoms with E-state index in [2.05, 4.69) is 48.6 Å². The maximum Gasteiger partial charge on any atom is 0.490 e. The minimum absolute atomic E-state index is 0.0137. The van der Waals surface area contributed by atoms with Gasteiger partial charge in [0, 0.05) is 24.9 Å². The minimum atomic E-state index is -5.08. The predicted molar refractivity (Wildman–Crippen MR) is 108 cm³/mol. The highest BCUT2D eigenvalue weighted by atomic mass is 19.4. The second-order valence-corrected chi connectivity index (χ2v) is 7.27. The first-order valence-corrected chi connectivity index (χ1v) is 9.41. The lowest BCUT2D eigenvalue weighted by molar-refractivity contribution is -0.192. The van der Waals surface area contributed by atoms with Crippen LogP contribution in [0.5, 0.6) is 0 Å². The first-order chi connectivity index (χ1) is 14.6. The van der Waals surface area contributed by atoms with Gasteiger partial charge in [-0.05, 0) is 43.9 Å². The molecule has 0 radical (unpaired) electrons. The van der Waals surface area contributed by atoms with Gasteiger partial charge in [-0.2, -0.15) is 18.3 Å². The molecule has 10 heteroatoms. The van der Waals surface area contributed by atoms with Crippen molar-refractivity contribution in [2.75, 3.05) is 20.6 Å². The van der Waals surface area contributed by atoms with Crippen LogP contribution in [0.2, 0.25) is 0 Å². The van der Waals surface area contributed by atoms with Crippen LogP contribution in [-0.4, -0.2) is 58.5 Å². The lowest BCUT2D eigenvalue weighted by Gasteiger charge is -2.11. The Bertz CT molecular complexity index is 1110. The molecule has 0 spiro atoms. The SMILES string of the molecule is CN(C)Cc1ccc(-n2nc3cccc4c3c2CCNC4=O)cc1.O=C(O)C(F)(F)F. The molecule has 1 aliphatic rings. The van der Waals surface area contributed by atoms with E-state index >= 15 is 0 Å². The monoisotopic (exact) mass is 434 g/mol. The van der Waals surface area contributed by atoms with Gasteiger partial charge >= 0.3 is 12.1 Å². The van der Waals surface area contributed by atoms with E-state index in [1.807, 2.05) is 22.9 Å². The van der Waals surface area contributed by atoms with Crippen molar-refractivity contribution in [3.05, 3.63) is 59.3 Å². The molecule has 2 aromatic carbocycles. The molecule has 7 nitrogen and oxygen atoms in total. The van der Waals surface area contributed by atoms with Crippen LogP contribution in [0.1, 0.15) is 21.6 Å². The second-order valence-electron chi connectivity index (χ2n) is 7.27. The number of nitrogens with one attached hydrogen (secondary N) is 1. The number of alkyl halides is 3. The maximum atomic E-state index is 12.2. The fraction of sp³-hybridized carbons (Fsp3) is 0.286. The van der Waals surface area contributed by atoms with E-state index in [-0.39, 0.29) is 5.91 Å². The van der Waals surface area contributed by atoms with Gasteiger partial charge in [0.15, 0.2) is 0 Å². The standard InChI is InChI=1S/C19H20N4O.C2HF3O2/c1-22(2)12-13-6-8-14(9-7-13)23-17-10-11-20-19(24)15-4-3-5-16(21-23)18(15)17;3-2(4,5)1(6)7/h3-9H,10-12H2,1-2H3,(H,20,24);(H,6,7). The molecule has 0 saturated carbocycles. The van der Waals surface area contributed by atoms with E-state index < -0.39 is 12.1 Å². The Balaban J connectivity index is 0.000000339. The van der Waals surface area contributed by atoms with Crippen molar-refractivity contribution in [1.82, 2.24) is 20.0 Å². The molecule has 2 N–H and O–H groups in total. The lowest BCUT2D eigenvalue weighted by atomic mass is 10.1. The van der Waals surface area contributed by atoms with Crippen molar-refractivity contribution in [3.8, 4) is 5.69 Å². The number of hydrogen-bond acceptors (Lipinski definition) is 4. The predicted octanol–water partition coefficient (Wildman–Crippen LogP) is 3.01. The Morgan fingerprint density at radius 2 is 1.84 bits per heavy atom. The molecular formula is C21H21F3N4O3. The fourth-order valence-corrected chi connectivity index (χ4v) is 3.33. The number of aliphatic carboxylic acids is 1. The molecule has 4 rings (SSSR count). The van der Waals surface area contributed by atoms with Gasteiger partial charge in [0.2, 0.25) is 0 Å². The minimum Gasteiger partial charge on any atom is -0.475 e. The third-order valence-corrected chi connectivity index (χ3v) is 4.61. The van der Waals surface area contributed by atoms with E-state index in [0.717, 1.165) is 40.8 Å². The van der Waals surface area contributed by atoms with E-state index in [1.54, 1.807) is 0 Å². The Morgan fingerprint density at radius 1 is 1.19 bits per heavy atom. The summed E-state index contributed by atoms with van der Waals surface area (Å²) < 4.78 is 33.7. The number of carbonyl (C=O) groups is 2. The number of nitrogens with zero attached hydrogens (tertiary/aromatic N) is 3. The highest BCUT2D eigenvalue weighted by Gasteiger charge is 2.38. The summed E-state index contributed by atoms with van der Waals surface area (Å²) in [6, 6.07) is 14.2. The molecule has 1 aromatic heterocycles. The number of benzene rings is 2. The molecule has 0 unspecified atom stereocenters. The van der Waals surface area contributed by atoms with Crippen molar-refractivity contribution >= 4 is 22.8 Å². The summed E-state index contributed by atoms with van der Waals surface area (Å²) >= 11 is 0. The number of carboxylic acid groups (broad SMARTS) is 1. The molecule has 0 bridgehead atoms. The third-order valence-electron chi connectivity index (χ3n) is 4.61. The topological polar surface area (TPSA) is 87.5 Å². The number of halogens is 3. The summed E-state index contributed by atoms with van der Waals surface area (Å²) in [6.07, 6.45) is -4.31. The van der Waals surface area contributed by atoms with Crippen molar-refractivity contribution in [2.24, 2.45) is 0 Å². The van der Waals surface area contributed by atoms with E-state index in [1.165, 1.54) is 5.56 Å². The van der Waals surface area contributed by atoms with Crippen LogP contribution in [0.3, 0.4) is 0 Å². The molecule has 0 fully saturated rings. The van der Waals surface area contributed by atoms with Gasteiger partial charge in [0.05, 0.1) is 22.5 Å². The zero-order valence-corrected chi connectivity index (χ0v) is 16.9. The maximum absolute atomic E-state index is 12.2. The van der Waals surface area contributed by atoms with Crippen LogP contribution in [0.15, 0.2) is 42.5 Å². The zero-order chi connectivity index (χ0) is 22.8. The second kappa shape index (κ2) is 8.76. The number of hydrogen-bond donors (Lipinski definition) is 2. The van der Waals surface area contributed by atoms with Crippen molar-refractivity contribution in [3.63, 3.8) is 0 Å². The number of aromatic nitrogens is 2. The molecular weight excluding hydrogens is 413 g/mol. The Morgan fingerprint density at radius 3 is 2.42 bits per heavy atom. The molecule has 164 valence electrons. The number of carbonyl (C=O) groups excluding carboxylic acids is 1. The van der Waals surface area contributed by atoms with Crippen LogP contribution >= 0.6 is 0 Å². The van der Waals surface area contributed by atoms with Crippen LogP contribution in [0, 0.1) is 0 Å². The third kappa shape index (κ3) is 5.02. The van der Waals surface area contributed by atoms with Gasteiger partial charge < -0.3 is 15.3 Å². The molecule has 0 saturated heterocycles. The molecule has 1 amide bonds. The summed E-state index contributed by atoms with van der Waals surface area (Å²) in [5, 5.41) is 15.8. The highest BCUT2D eigenvalue weighted by Crippen LogP contribution is 2.27. The summed E-state index contributed by atoms with van der Waals surface area (Å²) in [5.41, 5.74) is 4.99. The van der Waals surface area contributed by atoms with Crippen LogP contribution < -0.4 is 5.32 Å². The zero-order valence-electron chi connectivity index (χ0n) is 16.9. The van der Waals surface area contributed by atoms with Gasteiger partial charge in [0.1, 0.15) is 0 Å². The Hall–Kier alpha value is -3.40. The van der Waals surface area contributed by atoms with E-state index in [9.17, 15) is 18.0 Å². The summed E-state index contributed by atoms with van der Waals surface area (Å²) in [4.78, 5) is 23.3. The lowest BCUT2D eigenvalue weighted by Crippen LogP contribution is -2.23. The average molecular weight is 434 g/mol. The van der Waals surface area contributed by atoms with Crippen LogP contribution in [0.4, 0.5) is 13.2 Å². The van der Waals surface area contributed by atoms with E-state index in [0.29, 0.717) is 6.54 Å². The van der Waals surface area contributed by atoms with Gasteiger partial charge in [-0.1, -0.05) is 18.2 Å². The highest BCUT2D eigenvalue weighted by molar-refractivity contribution is 6.08. The first-order valence-electron chi connectivity index (χ1n) is 9.41. The Labute approximate surface area is 176 Å². The smallest absolute Gasteiger partial charge is 0.475 e. The van der Waals surface area contributed by atoms with Crippen LogP contribution in [0.25, 0.3) is 16.6 Å². The number of amides is 1. The molecule has 31 heavy (non-hydrogen) atoms. The number of rotatable bonds is 3. The first kappa shape index (κ1) is 22.3. The molecule has 0 atom stereocenters. The van der Waals surface area contributed by atoms with Crippen molar-refractivity contribution in [1.29, 1.82) is 0 Å².